The van der Waals surface area contributed by atoms with Gasteiger partial charge < -0.3 is 30.8 Å². The fraction of sp³-hybridized carbons (Fsp3) is 0.286. The minimum absolute atomic E-state index is 0.209. The molecule has 4 rings (SSSR count). The number of methoxy groups -OCH3 is 2. The van der Waals surface area contributed by atoms with Crippen LogP contribution in [0.1, 0.15) is 39.2 Å². The maximum Gasteiger partial charge on any atom is 0.251 e. The summed E-state index contributed by atoms with van der Waals surface area (Å²) in [5.74, 6) is 0.674. The first kappa shape index (κ1) is 26.0. The molecule has 1 aliphatic carbocycles. The molecular weight excluding hydrogens is 468 g/mol. The summed E-state index contributed by atoms with van der Waals surface area (Å²) in [6, 6.07) is 13.3. The molecule has 0 aliphatic heterocycles. The number of benzene rings is 2. The second kappa shape index (κ2) is 11.8. The Balaban J connectivity index is 1.69. The van der Waals surface area contributed by atoms with Crippen LogP contribution in [0.4, 0.5) is 11.6 Å². The molecule has 0 fully saturated rings. The van der Waals surface area contributed by atoms with Gasteiger partial charge in [0.2, 0.25) is 5.95 Å². The van der Waals surface area contributed by atoms with E-state index in [4.69, 9.17) is 19.9 Å². The Labute approximate surface area is 216 Å². The van der Waals surface area contributed by atoms with Crippen LogP contribution >= 0.6 is 0 Å². The van der Waals surface area contributed by atoms with E-state index in [2.05, 4.69) is 40.0 Å². The van der Waals surface area contributed by atoms with Crippen LogP contribution in [0.25, 0.3) is 11.3 Å². The molecule has 1 aliphatic rings. The number of aryl methyl sites for hydroxylation is 2. The van der Waals surface area contributed by atoms with Crippen LogP contribution in [0.15, 0.2) is 48.7 Å². The summed E-state index contributed by atoms with van der Waals surface area (Å²) in [6.07, 6.45) is 3.19. The average Bonchev–Trinajstić information content (AvgIpc) is 2.91. The summed E-state index contributed by atoms with van der Waals surface area (Å²) < 4.78 is 10.5. The van der Waals surface area contributed by atoms with Gasteiger partial charge in [-0.2, -0.15) is 0 Å². The van der Waals surface area contributed by atoms with Gasteiger partial charge in [-0.25, -0.2) is 9.97 Å². The van der Waals surface area contributed by atoms with Crippen molar-refractivity contribution in [2.24, 2.45) is 0 Å². The summed E-state index contributed by atoms with van der Waals surface area (Å²) >= 11 is 0. The van der Waals surface area contributed by atoms with E-state index in [-0.39, 0.29) is 5.91 Å². The summed E-state index contributed by atoms with van der Waals surface area (Å²) in [5, 5.41) is 16.9. The number of carbonyl (C=O) groups excluding carboxylic acids is 1. The van der Waals surface area contributed by atoms with Crippen LogP contribution in [0.3, 0.4) is 0 Å². The van der Waals surface area contributed by atoms with Gasteiger partial charge in [0.25, 0.3) is 5.91 Å². The van der Waals surface area contributed by atoms with Crippen molar-refractivity contribution in [2.45, 2.75) is 19.8 Å². The van der Waals surface area contributed by atoms with Crippen molar-refractivity contribution in [3.8, 4) is 5.75 Å². The molecule has 37 heavy (non-hydrogen) atoms. The molecule has 5 N–H and O–H groups in total. The second-order valence-electron chi connectivity index (χ2n) is 8.73. The van der Waals surface area contributed by atoms with Gasteiger partial charge in [0.1, 0.15) is 11.4 Å². The van der Waals surface area contributed by atoms with E-state index in [9.17, 15) is 4.79 Å². The van der Waals surface area contributed by atoms with Gasteiger partial charge >= 0.3 is 0 Å². The van der Waals surface area contributed by atoms with Crippen molar-refractivity contribution in [3.63, 3.8) is 0 Å². The van der Waals surface area contributed by atoms with Crippen molar-refractivity contribution in [1.29, 1.82) is 5.41 Å². The summed E-state index contributed by atoms with van der Waals surface area (Å²) in [5.41, 5.74) is 7.51. The SMILES string of the molecule is C[NH2+]/C(=C1\C(=N)CCc2cnc(Nc3ccc(C(=O)NCCOC)cc3OC)nc21)c1ccccc1C. The quantitative estimate of drug-likeness (QED) is 0.334. The van der Waals surface area contributed by atoms with Crippen LogP contribution in [0, 0.1) is 12.3 Å². The Kier molecular flexibility index (Phi) is 8.27. The third-order valence-corrected chi connectivity index (χ3v) is 6.34. The van der Waals surface area contributed by atoms with E-state index >= 15 is 0 Å². The van der Waals surface area contributed by atoms with E-state index in [1.165, 1.54) is 0 Å². The predicted octanol–water partition coefficient (Wildman–Crippen LogP) is 2.94. The number of hydrogen-bond donors (Lipinski definition) is 4. The first-order chi connectivity index (χ1) is 18.0. The lowest BCUT2D eigenvalue weighted by Crippen LogP contribution is -2.76. The minimum Gasteiger partial charge on any atom is -0.495 e. The Morgan fingerprint density at radius 3 is 2.70 bits per heavy atom. The number of anilines is 2. The average molecular weight is 502 g/mol. The molecule has 192 valence electrons. The lowest BCUT2D eigenvalue weighted by Gasteiger charge is -2.22. The topological polar surface area (TPSA) is 126 Å². The van der Waals surface area contributed by atoms with E-state index in [1.807, 2.05) is 25.4 Å². The lowest BCUT2D eigenvalue weighted by molar-refractivity contribution is -0.529. The van der Waals surface area contributed by atoms with E-state index in [0.717, 1.165) is 40.1 Å². The number of allylic oxidation sites excluding steroid dienone is 1. The predicted molar refractivity (Wildman–Crippen MR) is 144 cm³/mol. The highest BCUT2D eigenvalue weighted by molar-refractivity contribution is 6.29. The van der Waals surface area contributed by atoms with Crippen molar-refractivity contribution in [2.75, 3.05) is 39.7 Å². The molecule has 9 heteroatoms. The number of nitrogens with one attached hydrogen (secondary N) is 3. The zero-order chi connectivity index (χ0) is 26.4. The van der Waals surface area contributed by atoms with Crippen LogP contribution in [-0.2, 0) is 11.2 Å². The molecule has 0 bridgehead atoms. The first-order valence-electron chi connectivity index (χ1n) is 12.2. The van der Waals surface area contributed by atoms with E-state index in [0.29, 0.717) is 48.2 Å². The number of ether oxygens (including phenoxy) is 2. The van der Waals surface area contributed by atoms with Gasteiger partial charge in [0.05, 0.1) is 37.7 Å². The third kappa shape index (κ3) is 5.68. The highest BCUT2D eigenvalue weighted by Crippen LogP contribution is 2.33. The van der Waals surface area contributed by atoms with Crippen molar-refractivity contribution in [1.82, 2.24) is 15.3 Å². The molecule has 0 saturated heterocycles. The van der Waals surface area contributed by atoms with Gasteiger partial charge in [0.15, 0.2) is 0 Å². The number of nitrogens with two attached hydrogens (primary N) is 1. The molecule has 0 atom stereocenters. The zero-order valence-electron chi connectivity index (χ0n) is 21.6. The molecule has 1 aromatic heterocycles. The molecule has 3 aromatic rings. The lowest BCUT2D eigenvalue weighted by atomic mass is 9.87. The molecule has 9 nitrogen and oxygen atoms in total. The maximum atomic E-state index is 12.4. The van der Waals surface area contributed by atoms with Gasteiger partial charge in [-0.05, 0) is 55.2 Å². The van der Waals surface area contributed by atoms with Gasteiger partial charge in [-0.1, -0.05) is 18.2 Å². The number of hydrogen-bond acceptors (Lipinski definition) is 7. The third-order valence-electron chi connectivity index (χ3n) is 6.34. The molecule has 0 spiro atoms. The summed E-state index contributed by atoms with van der Waals surface area (Å²) in [4.78, 5) is 21.8. The first-order valence-corrected chi connectivity index (χ1v) is 12.2. The van der Waals surface area contributed by atoms with Gasteiger partial charge in [0, 0.05) is 36.7 Å². The van der Waals surface area contributed by atoms with E-state index < -0.39 is 0 Å². The highest BCUT2D eigenvalue weighted by atomic mass is 16.5. The number of aromatic nitrogens is 2. The molecule has 0 unspecified atom stereocenters. The number of fused-ring (bicyclic) bond motifs is 1. The summed E-state index contributed by atoms with van der Waals surface area (Å²) in [7, 11) is 5.13. The molecule has 2 aromatic carbocycles. The maximum absolute atomic E-state index is 12.4. The molecule has 1 heterocycles. The van der Waals surface area contributed by atoms with Crippen LogP contribution in [-0.4, -0.2) is 56.0 Å². The standard InChI is InChI=1S/C28H32N6O3/c1-17-7-5-6-8-20(17)26(30-2)24-21(29)11-9-19-16-32-28(34-25(19)24)33-22-12-10-18(15-23(22)37-4)27(35)31-13-14-36-3/h5-8,10,12,15-16,29-30H,9,11,13-14H2,1-4H3,(H,31,35)(H,32,33,34)/p+1/b26-24+,29-21?. The zero-order valence-corrected chi connectivity index (χ0v) is 21.6. The number of carbonyl (C=O) groups is 1. The second-order valence-corrected chi connectivity index (χ2v) is 8.73. The number of amides is 1. The van der Waals surface area contributed by atoms with Gasteiger partial charge in [-0.3, -0.25) is 4.79 Å². The molecule has 1 amide bonds. The number of nitrogens with zero attached hydrogens (tertiary/aromatic N) is 2. The van der Waals surface area contributed by atoms with Crippen LogP contribution < -0.4 is 20.7 Å². The fourth-order valence-electron chi connectivity index (χ4n) is 4.42. The Bertz CT molecular complexity index is 1350. The Morgan fingerprint density at radius 2 is 1.97 bits per heavy atom. The highest BCUT2D eigenvalue weighted by Gasteiger charge is 2.28. The fourth-order valence-corrected chi connectivity index (χ4v) is 4.42. The summed E-state index contributed by atoms with van der Waals surface area (Å²) in [6.45, 7) is 2.94. The number of quaternary nitrogens is 1. The monoisotopic (exact) mass is 501 g/mol. The smallest absolute Gasteiger partial charge is 0.251 e. The van der Waals surface area contributed by atoms with Crippen molar-refractivity contribution in [3.05, 3.63) is 76.6 Å². The molecule has 0 radical (unpaired) electrons. The normalized spacial score (nSPS) is 14.1. The Morgan fingerprint density at radius 1 is 1.16 bits per heavy atom. The van der Waals surface area contributed by atoms with E-state index in [1.54, 1.807) is 32.4 Å². The minimum atomic E-state index is -0.209. The molecular formula is C28H33N6O3+. The van der Waals surface area contributed by atoms with Crippen LogP contribution in [0.2, 0.25) is 0 Å². The van der Waals surface area contributed by atoms with Crippen molar-refractivity contribution < 1.29 is 19.6 Å². The number of rotatable bonds is 9. The van der Waals surface area contributed by atoms with Crippen molar-refractivity contribution >= 4 is 34.5 Å². The van der Waals surface area contributed by atoms with Gasteiger partial charge in [-0.15, -0.1) is 0 Å². The Hall–Kier alpha value is -4.08. The largest absolute Gasteiger partial charge is 0.495 e. The molecule has 0 saturated carbocycles. The van der Waals surface area contributed by atoms with Crippen LogP contribution in [0.5, 0.6) is 5.75 Å².